The maximum absolute atomic E-state index is 13.0. The number of carboxylic acid groups (broad SMARTS) is 1. The number of hydrogen-bond donors (Lipinski definition) is 7. The van der Waals surface area contributed by atoms with E-state index in [0.717, 1.165) is 4.90 Å². The number of β-amino-alcohol motifs (C(OH)–C–C–N with tert-alkyl or cyclic N) is 1. The van der Waals surface area contributed by atoms with Gasteiger partial charge in [-0.1, -0.05) is 11.6 Å². The Balaban J connectivity index is 1.71. The average Bonchev–Trinajstić information content (AvgIpc) is 2.81. The first kappa shape index (κ1) is 28.0. The van der Waals surface area contributed by atoms with Crippen LogP contribution in [0.15, 0.2) is 39.8 Å². The number of benzene rings is 2. The van der Waals surface area contributed by atoms with Crippen LogP contribution >= 0.6 is 27.5 Å². The van der Waals surface area contributed by atoms with Gasteiger partial charge >= 0.3 is 5.97 Å². The first-order valence-electron chi connectivity index (χ1n) is 10.9. The maximum atomic E-state index is 13.0. The number of carboxylic acids is 1. The van der Waals surface area contributed by atoms with Gasteiger partial charge in [-0.25, -0.2) is 0 Å². The Morgan fingerprint density at radius 1 is 1.24 bits per heavy atom. The highest BCUT2D eigenvalue weighted by Gasteiger charge is 2.25. The number of aromatic hydroxyl groups is 2. The lowest BCUT2D eigenvalue weighted by Gasteiger charge is -2.23. The molecule has 3 rings (SSSR count). The minimum absolute atomic E-state index is 0.0766. The van der Waals surface area contributed by atoms with Crippen molar-refractivity contribution in [1.29, 1.82) is 0 Å². The van der Waals surface area contributed by atoms with E-state index >= 15 is 0 Å². The van der Waals surface area contributed by atoms with Gasteiger partial charge in [-0.3, -0.25) is 19.4 Å². The molecule has 0 bridgehead atoms. The summed E-state index contributed by atoms with van der Waals surface area (Å²) in [7, 11) is 1.37. The van der Waals surface area contributed by atoms with Crippen molar-refractivity contribution in [2.45, 2.75) is 18.6 Å². The number of aliphatic carboxylic acids is 1. The van der Waals surface area contributed by atoms with Crippen LogP contribution in [-0.4, -0.2) is 81.9 Å². The zero-order valence-corrected chi connectivity index (χ0v) is 21.9. The van der Waals surface area contributed by atoms with Crippen molar-refractivity contribution in [2.24, 2.45) is 4.99 Å². The quantitative estimate of drug-likeness (QED) is 0.237. The Hall–Kier alpha value is -3.55. The summed E-state index contributed by atoms with van der Waals surface area (Å²) in [6, 6.07) is 5.72. The van der Waals surface area contributed by atoms with E-state index in [9.17, 15) is 34.8 Å². The second-order valence-electron chi connectivity index (χ2n) is 8.32. The van der Waals surface area contributed by atoms with Crippen molar-refractivity contribution >= 4 is 57.0 Å². The third-order valence-corrected chi connectivity index (χ3v) is 6.09. The van der Waals surface area contributed by atoms with Crippen LogP contribution in [0, 0.1) is 0 Å². The predicted octanol–water partition coefficient (Wildman–Crippen LogP) is 1.65. The number of aliphatic imine (C=N–C) groups is 1. The molecule has 1 aliphatic heterocycles. The van der Waals surface area contributed by atoms with Crippen molar-refractivity contribution < 1.29 is 34.8 Å². The molecule has 2 aromatic rings. The molecule has 1 unspecified atom stereocenters. The Bertz CT molecular complexity index is 1240. The molecule has 0 saturated heterocycles. The Morgan fingerprint density at radius 2 is 1.97 bits per heavy atom. The van der Waals surface area contributed by atoms with Crippen LogP contribution in [0.3, 0.4) is 0 Å². The highest BCUT2D eigenvalue weighted by Crippen LogP contribution is 2.36. The van der Waals surface area contributed by atoms with E-state index in [1.807, 2.05) is 0 Å². The molecule has 198 valence electrons. The van der Waals surface area contributed by atoms with E-state index in [2.05, 4.69) is 36.9 Å². The molecule has 0 saturated carbocycles. The second-order valence-corrected chi connectivity index (χ2v) is 9.61. The fourth-order valence-electron chi connectivity index (χ4n) is 3.57. The van der Waals surface area contributed by atoms with Crippen LogP contribution in [0.25, 0.3) is 0 Å². The monoisotopic (exact) mass is 597 g/mol. The van der Waals surface area contributed by atoms with E-state index in [1.54, 1.807) is 0 Å². The molecule has 2 amide bonds. The number of hydrogen-bond acceptors (Lipinski definition) is 9. The minimum Gasteiger partial charge on any atom is -0.508 e. The van der Waals surface area contributed by atoms with Gasteiger partial charge in [0.15, 0.2) is 5.96 Å². The molecule has 1 aliphatic rings. The maximum Gasteiger partial charge on any atom is 0.305 e. The van der Waals surface area contributed by atoms with Gasteiger partial charge in [0.25, 0.3) is 5.91 Å². The molecule has 2 aromatic carbocycles. The Labute approximate surface area is 225 Å². The van der Waals surface area contributed by atoms with Gasteiger partial charge in [-0.15, -0.1) is 0 Å². The zero-order valence-electron chi connectivity index (χ0n) is 19.5. The molecule has 12 nitrogen and oxygen atoms in total. The number of rotatable bonds is 8. The summed E-state index contributed by atoms with van der Waals surface area (Å²) in [5, 5.41) is 47.8. The Kier molecular flexibility index (Phi) is 9.18. The molecule has 2 atom stereocenters. The van der Waals surface area contributed by atoms with Crippen LogP contribution in [0.4, 0.5) is 5.69 Å². The summed E-state index contributed by atoms with van der Waals surface area (Å²) in [4.78, 5) is 42.3. The first-order chi connectivity index (χ1) is 17.4. The van der Waals surface area contributed by atoms with Crippen LogP contribution in [-0.2, 0) is 9.59 Å². The SMILES string of the molecule is CN(CC(=O)N[C@@H](CC(=O)O)c1cc(Cl)cc(Br)c1O)C(=O)c1cc(O)cc(NC2=NCC(O)CN2)c1. The summed E-state index contributed by atoms with van der Waals surface area (Å²) < 4.78 is 0.228. The molecular weight excluding hydrogens is 574 g/mol. The topological polar surface area (TPSA) is 184 Å². The Morgan fingerprint density at radius 3 is 2.62 bits per heavy atom. The number of guanidine groups is 1. The molecule has 0 aliphatic carbocycles. The van der Waals surface area contributed by atoms with Crippen LogP contribution in [0.2, 0.25) is 5.02 Å². The summed E-state index contributed by atoms with van der Waals surface area (Å²) in [5.41, 5.74) is 0.527. The first-order valence-corrected chi connectivity index (χ1v) is 12.1. The van der Waals surface area contributed by atoms with Crippen molar-refractivity contribution in [3.8, 4) is 11.5 Å². The molecule has 0 aromatic heterocycles. The lowest BCUT2D eigenvalue weighted by molar-refractivity contribution is -0.137. The highest BCUT2D eigenvalue weighted by atomic mass is 79.9. The van der Waals surface area contributed by atoms with Gasteiger partial charge in [0, 0.05) is 41.5 Å². The lowest BCUT2D eigenvalue weighted by atomic mass is 10.0. The summed E-state index contributed by atoms with van der Waals surface area (Å²) in [6.07, 6.45) is -1.15. The second kappa shape index (κ2) is 12.1. The predicted molar refractivity (Wildman–Crippen MR) is 139 cm³/mol. The van der Waals surface area contributed by atoms with Crippen molar-refractivity contribution in [3.63, 3.8) is 0 Å². The van der Waals surface area contributed by atoms with Crippen LogP contribution in [0.1, 0.15) is 28.4 Å². The molecule has 0 radical (unpaired) electrons. The van der Waals surface area contributed by atoms with Gasteiger partial charge in [0.2, 0.25) is 5.91 Å². The largest absolute Gasteiger partial charge is 0.508 e. The zero-order chi connectivity index (χ0) is 27.3. The fraction of sp³-hybridized carbons (Fsp3) is 0.304. The van der Waals surface area contributed by atoms with Gasteiger partial charge in [0.05, 0.1) is 36.1 Å². The van der Waals surface area contributed by atoms with E-state index in [4.69, 9.17) is 11.6 Å². The van der Waals surface area contributed by atoms with Crippen molar-refractivity contribution in [2.75, 3.05) is 32.0 Å². The number of aliphatic hydroxyl groups is 1. The number of phenolic OH excluding ortho intramolecular Hbond substituents is 2. The normalized spacial score (nSPS) is 15.7. The number of carbonyl (C=O) groups excluding carboxylic acids is 2. The lowest BCUT2D eigenvalue weighted by Crippen LogP contribution is -2.42. The van der Waals surface area contributed by atoms with E-state index < -0.39 is 42.9 Å². The van der Waals surface area contributed by atoms with Crippen LogP contribution in [0.5, 0.6) is 11.5 Å². The van der Waals surface area contributed by atoms with Gasteiger partial charge in [0.1, 0.15) is 11.5 Å². The van der Waals surface area contributed by atoms with Crippen molar-refractivity contribution in [1.82, 2.24) is 15.5 Å². The standard InChI is InChI=1S/C23H25BrClN5O7/c1-30(10-19(33)29-18(7-20(34)35)16-4-12(25)5-17(24)21(16)36)22(37)11-2-13(6-14(31)3-11)28-23-26-8-15(32)9-27-23/h2-6,15,18,31-32,36H,7-10H2,1H3,(H,29,33)(H,34,35)(H2,26,27,28)/t18-/m0/s1. The third kappa shape index (κ3) is 7.71. The molecule has 7 N–H and O–H groups in total. The third-order valence-electron chi connectivity index (χ3n) is 5.27. The highest BCUT2D eigenvalue weighted by molar-refractivity contribution is 9.10. The number of carbonyl (C=O) groups is 3. The molecule has 14 heteroatoms. The van der Waals surface area contributed by atoms with E-state index in [-0.39, 0.29) is 38.7 Å². The molecule has 1 heterocycles. The number of nitrogens with one attached hydrogen (secondary N) is 3. The van der Waals surface area contributed by atoms with Gasteiger partial charge < -0.3 is 41.3 Å². The number of likely N-dealkylation sites (N-methyl/N-ethyl adjacent to an activating group) is 1. The summed E-state index contributed by atoms with van der Waals surface area (Å²) in [6.45, 7) is 0.0493. The van der Waals surface area contributed by atoms with Crippen LogP contribution < -0.4 is 16.0 Å². The molecule has 0 fully saturated rings. The number of nitrogens with zero attached hydrogens (tertiary/aromatic N) is 2. The smallest absolute Gasteiger partial charge is 0.305 e. The number of anilines is 1. The number of amides is 2. The van der Waals surface area contributed by atoms with Gasteiger partial charge in [-0.05, 0) is 40.2 Å². The molecule has 0 spiro atoms. The number of phenols is 2. The number of halogens is 2. The fourth-order valence-corrected chi connectivity index (χ4v) is 4.41. The minimum atomic E-state index is -1.23. The molecular formula is C23H25BrClN5O7. The van der Waals surface area contributed by atoms with E-state index in [1.165, 1.54) is 37.4 Å². The summed E-state index contributed by atoms with van der Waals surface area (Å²) >= 11 is 9.16. The average molecular weight is 599 g/mol. The van der Waals surface area contributed by atoms with Gasteiger partial charge in [-0.2, -0.15) is 0 Å². The van der Waals surface area contributed by atoms with E-state index in [0.29, 0.717) is 18.2 Å². The van der Waals surface area contributed by atoms with Crippen molar-refractivity contribution in [3.05, 3.63) is 51.0 Å². The summed E-state index contributed by atoms with van der Waals surface area (Å²) in [5.74, 6) is -2.61. The number of aliphatic hydroxyl groups excluding tert-OH is 1. The molecule has 37 heavy (non-hydrogen) atoms.